The largest absolute Gasteiger partial charge is 0.490 e. The molecule has 0 saturated heterocycles. The topological polar surface area (TPSA) is 21.3 Å². The Morgan fingerprint density at radius 3 is 2.75 bits per heavy atom. The second-order valence-electron chi connectivity index (χ2n) is 3.83. The first-order valence-electron chi connectivity index (χ1n) is 5.83. The van der Waals surface area contributed by atoms with Crippen LogP contribution in [-0.2, 0) is 6.54 Å². The van der Waals surface area contributed by atoms with Gasteiger partial charge in [-0.25, -0.2) is 0 Å². The van der Waals surface area contributed by atoms with E-state index < -0.39 is 0 Å². The van der Waals surface area contributed by atoms with Gasteiger partial charge in [-0.15, -0.1) is 0 Å². The summed E-state index contributed by atoms with van der Waals surface area (Å²) < 4.78 is 5.85. The molecule has 1 rings (SSSR count). The van der Waals surface area contributed by atoms with Crippen LogP contribution in [0.1, 0.15) is 32.8 Å². The van der Waals surface area contributed by atoms with E-state index in [1.54, 1.807) is 0 Å². The predicted molar refractivity (Wildman–Crippen MR) is 69.2 cm³/mol. The molecule has 0 heterocycles. The van der Waals surface area contributed by atoms with Gasteiger partial charge >= 0.3 is 0 Å². The van der Waals surface area contributed by atoms with Crippen molar-refractivity contribution in [2.45, 2.75) is 39.8 Å². The van der Waals surface area contributed by atoms with E-state index in [0.29, 0.717) is 0 Å². The molecule has 1 unspecified atom stereocenters. The van der Waals surface area contributed by atoms with Crippen LogP contribution in [0.2, 0.25) is 5.02 Å². The van der Waals surface area contributed by atoms with Gasteiger partial charge in [-0.05, 0) is 32.0 Å². The van der Waals surface area contributed by atoms with Crippen LogP contribution in [0.15, 0.2) is 18.2 Å². The summed E-state index contributed by atoms with van der Waals surface area (Å²) in [7, 11) is 0. The first-order valence-corrected chi connectivity index (χ1v) is 6.21. The smallest absolute Gasteiger partial charge is 0.125 e. The van der Waals surface area contributed by atoms with Crippen molar-refractivity contribution in [1.82, 2.24) is 5.32 Å². The molecule has 0 amide bonds. The fourth-order valence-electron chi connectivity index (χ4n) is 1.37. The molecule has 3 heteroatoms. The number of halogens is 1. The van der Waals surface area contributed by atoms with Crippen LogP contribution in [0.5, 0.6) is 5.75 Å². The Morgan fingerprint density at radius 2 is 2.12 bits per heavy atom. The molecule has 0 aliphatic rings. The number of benzene rings is 1. The zero-order chi connectivity index (χ0) is 12.0. The first-order chi connectivity index (χ1) is 7.69. The van der Waals surface area contributed by atoms with E-state index in [2.05, 4.69) is 26.1 Å². The van der Waals surface area contributed by atoms with E-state index in [-0.39, 0.29) is 6.10 Å². The van der Waals surface area contributed by atoms with Crippen LogP contribution in [0.3, 0.4) is 0 Å². The maximum atomic E-state index is 6.17. The van der Waals surface area contributed by atoms with Gasteiger partial charge in [-0.3, -0.25) is 0 Å². The van der Waals surface area contributed by atoms with Crippen molar-refractivity contribution in [3.63, 3.8) is 0 Å². The van der Waals surface area contributed by atoms with Gasteiger partial charge < -0.3 is 10.1 Å². The standard InChI is InChI=1S/C13H20ClNO/c1-4-10(3)16-13-8-6-7-12(14)11(13)9-15-5-2/h6-8,10,15H,4-5,9H2,1-3H3. The zero-order valence-electron chi connectivity index (χ0n) is 10.2. The summed E-state index contributed by atoms with van der Waals surface area (Å²) in [5.41, 5.74) is 1.05. The van der Waals surface area contributed by atoms with Gasteiger partial charge in [0.2, 0.25) is 0 Å². The Hall–Kier alpha value is -0.730. The van der Waals surface area contributed by atoms with E-state index >= 15 is 0 Å². The highest BCUT2D eigenvalue weighted by molar-refractivity contribution is 6.31. The van der Waals surface area contributed by atoms with Crippen molar-refractivity contribution in [1.29, 1.82) is 0 Å². The molecule has 90 valence electrons. The molecular formula is C13H20ClNO. The molecule has 0 spiro atoms. The van der Waals surface area contributed by atoms with Crippen LogP contribution in [0.4, 0.5) is 0 Å². The second-order valence-corrected chi connectivity index (χ2v) is 4.24. The average Bonchev–Trinajstić information content (AvgIpc) is 2.28. The zero-order valence-corrected chi connectivity index (χ0v) is 11.0. The Bertz CT molecular complexity index is 328. The summed E-state index contributed by atoms with van der Waals surface area (Å²) in [6, 6.07) is 5.80. The average molecular weight is 242 g/mol. The van der Waals surface area contributed by atoms with E-state index in [1.165, 1.54) is 0 Å². The second kappa shape index (κ2) is 6.77. The molecule has 1 aromatic carbocycles. The Labute approximate surface area is 103 Å². The van der Waals surface area contributed by atoms with Crippen molar-refractivity contribution in [3.8, 4) is 5.75 Å². The van der Waals surface area contributed by atoms with Gasteiger partial charge in [0.05, 0.1) is 6.10 Å². The van der Waals surface area contributed by atoms with Crippen LogP contribution < -0.4 is 10.1 Å². The van der Waals surface area contributed by atoms with Gasteiger partial charge in [0.15, 0.2) is 0 Å². The number of nitrogens with one attached hydrogen (secondary N) is 1. The molecule has 0 aliphatic carbocycles. The minimum Gasteiger partial charge on any atom is -0.490 e. The minimum atomic E-state index is 0.221. The highest BCUT2D eigenvalue weighted by Crippen LogP contribution is 2.27. The highest BCUT2D eigenvalue weighted by atomic mass is 35.5. The lowest BCUT2D eigenvalue weighted by Crippen LogP contribution is -2.16. The quantitative estimate of drug-likeness (QED) is 0.821. The monoisotopic (exact) mass is 241 g/mol. The number of hydrogen-bond acceptors (Lipinski definition) is 2. The summed E-state index contributed by atoms with van der Waals surface area (Å²) in [5, 5.41) is 4.04. The Balaban J connectivity index is 2.84. The van der Waals surface area contributed by atoms with Crippen molar-refractivity contribution in [3.05, 3.63) is 28.8 Å². The van der Waals surface area contributed by atoms with Crippen LogP contribution >= 0.6 is 11.6 Å². The molecule has 0 bridgehead atoms. The van der Waals surface area contributed by atoms with E-state index in [1.807, 2.05) is 18.2 Å². The van der Waals surface area contributed by atoms with Crippen molar-refractivity contribution < 1.29 is 4.74 Å². The highest BCUT2D eigenvalue weighted by Gasteiger charge is 2.09. The van der Waals surface area contributed by atoms with Crippen molar-refractivity contribution in [2.75, 3.05) is 6.54 Å². The van der Waals surface area contributed by atoms with Crippen LogP contribution in [0, 0.1) is 0 Å². The Morgan fingerprint density at radius 1 is 1.38 bits per heavy atom. The van der Waals surface area contributed by atoms with Crippen molar-refractivity contribution >= 4 is 11.6 Å². The van der Waals surface area contributed by atoms with Gasteiger partial charge in [0.25, 0.3) is 0 Å². The number of ether oxygens (including phenoxy) is 1. The first kappa shape index (κ1) is 13.3. The fourth-order valence-corrected chi connectivity index (χ4v) is 1.60. The summed E-state index contributed by atoms with van der Waals surface area (Å²) >= 11 is 6.17. The normalized spacial score (nSPS) is 12.5. The molecular weight excluding hydrogens is 222 g/mol. The molecule has 0 aromatic heterocycles. The van der Waals surface area contributed by atoms with Crippen LogP contribution in [0.25, 0.3) is 0 Å². The van der Waals surface area contributed by atoms with E-state index in [4.69, 9.17) is 16.3 Å². The van der Waals surface area contributed by atoms with Gasteiger partial charge in [-0.2, -0.15) is 0 Å². The summed E-state index contributed by atoms with van der Waals surface area (Å²) in [5.74, 6) is 0.891. The van der Waals surface area contributed by atoms with Gasteiger partial charge in [0.1, 0.15) is 5.75 Å². The SMILES string of the molecule is CCNCc1c(Cl)cccc1OC(C)CC. The molecule has 1 N–H and O–H groups in total. The molecule has 16 heavy (non-hydrogen) atoms. The Kier molecular flexibility index (Phi) is 5.64. The summed E-state index contributed by atoms with van der Waals surface area (Å²) in [6.45, 7) is 7.93. The predicted octanol–water partition coefficient (Wildman–Crippen LogP) is 3.63. The third-order valence-electron chi connectivity index (χ3n) is 2.53. The number of rotatable bonds is 6. The molecule has 0 saturated carbocycles. The van der Waals surface area contributed by atoms with Gasteiger partial charge in [-0.1, -0.05) is 31.5 Å². The van der Waals surface area contributed by atoms with Crippen molar-refractivity contribution in [2.24, 2.45) is 0 Å². The van der Waals surface area contributed by atoms with E-state index in [9.17, 15) is 0 Å². The third kappa shape index (κ3) is 3.69. The minimum absolute atomic E-state index is 0.221. The number of hydrogen-bond donors (Lipinski definition) is 1. The fraction of sp³-hybridized carbons (Fsp3) is 0.538. The maximum Gasteiger partial charge on any atom is 0.125 e. The lowest BCUT2D eigenvalue weighted by atomic mass is 10.2. The maximum absolute atomic E-state index is 6.17. The molecule has 0 fully saturated rings. The molecule has 0 radical (unpaired) electrons. The molecule has 1 aromatic rings. The molecule has 2 nitrogen and oxygen atoms in total. The summed E-state index contributed by atoms with van der Waals surface area (Å²) in [4.78, 5) is 0. The third-order valence-corrected chi connectivity index (χ3v) is 2.88. The lowest BCUT2D eigenvalue weighted by molar-refractivity contribution is 0.215. The van der Waals surface area contributed by atoms with E-state index in [0.717, 1.165) is 35.8 Å². The molecule has 1 atom stereocenters. The lowest BCUT2D eigenvalue weighted by Gasteiger charge is -2.17. The van der Waals surface area contributed by atoms with Gasteiger partial charge in [0, 0.05) is 17.1 Å². The summed E-state index contributed by atoms with van der Waals surface area (Å²) in [6.07, 6.45) is 1.21. The van der Waals surface area contributed by atoms with Crippen LogP contribution in [-0.4, -0.2) is 12.6 Å². The molecule has 0 aliphatic heterocycles.